The molecule has 0 amide bonds. The zero-order chi connectivity index (χ0) is 15.1. The lowest BCUT2D eigenvalue weighted by atomic mass is 10.0. The maximum atomic E-state index is 5.46. The maximum absolute atomic E-state index is 5.46. The summed E-state index contributed by atoms with van der Waals surface area (Å²) in [6.45, 7) is 4.62. The van der Waals surface area contributed by atoms with Gasteiger partial charge in [0.15, 0.2) is 0 Å². The number of nitrogens with one attached hydrogen (secondary N) is 1. The normalized spacial score (nSPS) is 21.0. The molecular weight excluding hydrogens is 260 g/mol. The van der Waals surface area contributed by atoms with Gasteiger partial charge >= 0.3 is 0 Å². The molecule has 0 radical (unpaired) electrons. The summed E-state index contributed by atoms with van der Waals surface area (Å²) < 4.78 is 5.46. The van der Waals surface area contributed by atoms with Crippen LogP contribution in [-0.4, -0.2) is 44.2 Å². The lowest BCUT2D eigenvalue weighted by Gasteiger charge is -2.29. The van der Waals surface area contributed by atoms with Crippen molar-refractivity contribution in [2.45, 2.75) is 51.1 Å². The standard InChI is InChI=1S/C18H30N2O/c1-15(13-16-9-6-7-11-18(16)21-3)20(2)14-17-10-5-4-8-12-19-17/h6-7,9,11,15,17,19H,4-5,8,10,12-14H2,1-3H3. The molecule has 0 saturated carbocycles. The van der Waals surface area contributed by atoms with Crippen LogP contribution in [0.3, 0.4) is 0 Å². The van der Waals surface area contributed by atoms with Crippen molar-refractivity contribution < 1.29 is 4.74 Å². The van der Waals surface area contributed by atoms with Gasteiger partial charge in [0.1, 0.15) is 5.75 Å². The molecule has 118 valence electrons. The smallest absolute Gasteiger partial charge is 0.122 e. The van der Waals surface area contributed by atoms with Gasteiger partial charge < -0.3 is 15.0 Å². The number of nitrogens with zero attached hydrogens (tertiary/aromatic N) is 1. The molecular formula is C18H30N2O. The molecule has 0 bridgehead atoms. The SMILES string of the molecule is COc1ccccc1CC(C)N(C)CC1CCCCCN1. The molecule has 1 saturated heterocycles. The number of ether oxygens (including phenoxy) is 1. The van der Waals surface area contributed by atoms with Gasteiger partial charge in [-0.1, -0.05) is 31.0 Å². The summed E-state index contributed by atoms with van der Waals surface area (Å²) in [5, 5.41) is 3.69. The average Bonchev–Trinajstić information content (AvgIpc) is 2.76. The minimum absolute atomic E-state index is 0.520. The van der Waals surface area contributed by atoms with Gasteiger partial charge in [0.25, 0.3) is 0 Å². The van der Waals surface area contributed by atoms with E-state index in [2.05, 4.69) is 42.4 Å². The highest BCUT2D eigenvalue weighted by Crippen LogP contribution is 2.20. The van der Waals surface area contributed by atoms with Crippen LogP contribution in [0.15, 0.2) is 24.3 Å². The number of hydrogen-bond donors (Lipinski definition) is 1. The zero-order valence-electron chi connectivity index (χ0n) is 13.8. The van der Waals surface area contributed by atoms with E-state index in [4.69, 9.17) is 4.74 Å². The fraction of sp³-hybridized carbons (Fsp3) is 0.667. The van der Waals surface area contributed by atoms with Crippen molar-refractivity contribution in [3.8, 4) is 5.75 Å². The molecule has 2 rings (SSSR count). The van der Waals surface area contributed by atoms with Gasteiger partial charge in [-0.2, -0.15) is 0 Å². The zero-order valence-corrected chi connectivity index (χ0v) is 13.8. The van der Waals surface area contributed by atoms with Gasteiger partial charge in [0, 0.05) is 18.6 Å². The van der Waals surface area contributed by atoms with Crippen LogP contribution >= 0.6 is 0 Å². The predicted molar refractivity (Wildman–Crippen MR) is 89.0 cm³/mol. The molecule has 21 heavy (non-hydrogen) atoms. The minimum Gasteiger partial charge on any atom is -0.496 e. The molecule has 3 heteroatoms. The summed E-state index contributed by atoms with van der Waals surface area (Å²) in [7, 11) is 4.00. The number of benzene rings is 1. The Morgan fingerprint density at radius 1 is 1.29 bits per heavy atom. The largest absolute Gasteiger partial charge is 0.496 e. The molecule has 0 aromatic heterocycles. The fourth-order valence-electron chi connectivity index (χ4n) is 3.13. The van der Waals surface area contributed by atoms with Crippen molar-refractivity contribution in [3.05, 3.63) is 29.8 Å². The van der Waals surface area contributed by atoms with Gasteiger partial charge in [-0.05, 0) is 51.4 Å². The summed E-state index contributed by atoms with van der Waals surface area (Å²) in [6.07, 6.45) is 6.42. The van der Waals surface area contributed by atoms with Gasteiger partial charge in [-0.25, -0.2) is 0 Å². The van der Waals surface area contributed by atoms with E-state index < -0.39 is 0 Å². The molecule has 1 aliphatic rings. The lowest BCUT2D eigenvalue weighted by Crippen LogP contribution is -2.43. The monoisotopic (exact) mass is 290 g/mol. The van der Waals surface area contributed by atoms with Gasteiger partial charge in [0.05, 0.1) is 7.11 Å². The third-order valence-electron chi connectivity index (χ3n) is 4.63. The molecule has 1 aromatic carbocycles. The first-order valence-electron chi connectivity index (χ1n) is 8.26. The first-order valence-corrected chi connectivity index (χ1v) is 8.26. The van der Waals surface area contributed by atoms with E-state index in [0.717, 1.165) is 18.7 Å². The number of hydrogen-bond acceptors (Lipinski definition) is 3. The van der Waals surface area contributed by atoms with E-state index in [1.807, 2.05) is 6.07 Å². The first-order chi connectivity index (χ1) is 10.2. The van der Waals surface area contributed by atoms with Crippen LogP contribution in [0.5, 0.6) is 5.75 Å². The van der Waals surface area contributed by atoms with Crippen LogP contribution in [0, 0.1) is 0 Å². The molecule has 3 nitrogen and oxygen atoms in total. The Hall–Kier alpha value is -1.06. The maximum Gasteiger partial charge on any atom is 0.122 e. The van der Waals surface area contributed by atoms with Gasteiger partial charge in [-0.15, -0.1) is 0 Å². The molecule has 1 fully saturated rings. The summed E-state index contributed by atoms with van der Waals surface area (Å²) in [5.74, 6) is 1.00. The fourth-order valence-corrected chi connectivity index (χ4v) is 3.13. The number of rotatable bonds is 6. The second-order valence-electron chi connectivity index (χ2n) is 6.30. The van der Waals surface area contributed by atoms with E-state index in [1.54, 1.807) is 7.11 Å². The first kappa shape index (κ1) is 16.3. The number of methoxy groups -OCH3 is 1. The van der Waals surface area contributed by atoms with Crippen LogP contribution in [0.4, 0.5) is 0 Å². The Bertz CT molecular complexity index is 413. The van der Waals surface area contributed by atoms with E-state index >= 15 is 0 Å². The van der Waals surface area contributed by atoms with Crippen LogP contribution < -0.4 is 10.1 Å². The number of likely N-dealkylation sites (N-methyl/N-ethyl adjacent to an activating group) is 1. The van der Waals surface area contributed by atoms with Crippen LogP contribution in [0.2, 0.25) is 0 Å². The van der Waals surface area contributed by atoms with E-state index in [0.29, 0.717) is 12.1 Å². The quantitative estimate of drug-likeness (QED) is 0.871. The topological polar surface area (TPSA) is 24.5 Å². The molecule has 1 heterocycles. The molecule has 0 aliphatic carbocycles. The Morgan fingerprint density at radius 3 is 2.90 bits per heavy atom. The second-order valence-corrected chi connectivity index (χ2v) is 6.30. The van der Waals surface area contributed by atoms with Crippen molar-refractivity contribution in [1.29, 1.82) is 0 Å². The van der Waals surface area contributed by atoms with Crippen molar-refractivity contribution in [3.63, 3.8) is 0 Å². The van der Waals surface area contributed by atoms with Crippen molar-refractivity contribution in [1.82, 2.24) is 10.2 Å². The molecule has 1 aliphatic heterocycles. The summed E-state index contributed by atoms with van der Waals surface area (Å²) in [4.78, 5) is 2.48. The molecule has 1 aromatic rings. The molecule has 2 unspecified atom stereocenters. The Labute approximate surface area is 129 Å². The second kappa shape index (κ2) is 8.40. The average molecular weight is 290 g/mol. The predicted octanol–water partition coefficient (Wildman–Crippen LogP) is 3.09. The summed E-state index contributed by atoms with van der Waals surface area (Å²) in [5.41, 5.74) is 1.30. The molecule has 2 atom stereocenters. The van der Waals surface area contributed by atoms with Gasteiger partial charge in [0.2, 0.25) is 0 Å². The summed E-state index contributed by atoms with van der Waals surface area (Å²) >= 11 is 0. The van der Waals surface area contributed by atoms with E-state index in [1.165, 1.54) is 37.8 Å². The van der Waals surface area contributed by atoms with Crippen molar-refractivity contribution >= 4 is 0 Å². The van der Waals surface area contributed by atoms with Crippen molar-refractivity contribution in [2.24, 2.45) is 0 Å². The molecule has 0 spiro atoms. The highest BCUT2D eigenvalue weighted by Gasteiger charge is 2.18. The van der Waals surface area contributed by atoms with Crippen LogP contribution in [0.25, 0.3) is 0 Å². The third kappa shape index (κ3) is 5.01. The Balaban J connectivity index is 1.88. The molecule has 1 N–H and O–H groups in total. The highest BCUT2D eigenvalue weighted by atomic mass is 16.5. The highest BCUT2D eigenvalue weighted by molar-refractivity contribution is 5.33. The van der Waals surface area contributed by atoms with Gasteiger partial charge in [-0.3, -0.25) is 0 Å². The third-order valence-corrected chi connectivity index (χ3v) is 4.63. The summed E-state index contributed by atoms with van der Waals surface area (Å²) in [6, 6.07) is 9.52. The minimum atomic E-state index is 0.520. The van der Waals surface area contributed by atoms with Crippen molar-refractivity contribution in [2.75, 3.05) is 27.2 Å². The number of para-hydroxylation sites is 1. The lowest BCUT2D eigenvalue weighted by molar-refractivity contribution is 0.224. The van der Waals surface area contributed by atoms with E-state index in [-0.39, 0.29) is 0 Å². The van der Waals surface area contributed by atoms with Crippen LogP contribution in [0.1, 0.15) is 38.2 Å². The Morgan fingerprint density at radius 2 is 2.10 bits per heavy atom. The van der Waals surface area contributed by atoms with E-state index in [9.17, 15) is 0 Å². The van der Waals surface area contributed by atoms with Crippen LogP contribution in [-0.2, 0) is 6.42 Å². The Kier molecular flexibility index (Phi) is 6.52.